The number of carbonyl (C=O) groups excluding carboxylic acids is 1. The molecule has 8 nitrogen and oxygen atoms in total. The number of nitrogen functional groups attached to an aromatic ring is 1. The van der Waals surface area contributed by atoms with E-state index in [2.05, 4.69) is 26.3 Å². The lowest BCUT2D eigenvalue weighted by Crippen LogP contribution is -2.12. The molecule has 0 atom stereocenters. The first-order valence-corrected chi connectivity index (χ1v) is 9.66. The average molecular weight is 405 g/mol. The molecular weight excluding hydrogens is 386 g/mol. The van der Waals surface area contributed by atoms with Gasteiger partial charge in [-0.15, -0.1) is 0 Å². The highest BCUT2D eigenvalue weighted by Crippen LogP contribution is 2.30. The van der Waals surface area contributed by atoms with Crippen LogP contribution in [0.3, 0.4) is 0 Å². The van der Waals surface area contributed by atoms with Gasteiger partial charge < -0.3 is 21.7 Å². The third-order valence-corrected chi connectivity index (χ3v) is 5.39. The lowest BCUT2D eigenvalue weighted by Gasteiger charge is -2.17. The number of hydrogen-bond acceptors (Lipinski definition) is 8. The summed E-state index contributed by atoms with van der Waals surface area (Å²) in [6.07, 6.45) is 3.08. The highest BCUT2D eigenvalue weighted by molar-refractivity contribution is 7.19. The Hall–Kier alpha value is -3.72. The number of anilines is 4. The molecule has 0 saturated heterocycles. The number of rotatable bonds is 6. The molecule has 0 radical (unpaired) electrons. The maximum Gasteiger partial charge on any atom is 0.250 e. The van der Waals surface area contributed by atoms with Gasteiger partial charge in [0.25, 0.3) is 5.91 Å². The van der Waals surface area contributed by atoms with Crippen LogP contribution in [0.1, 0.15) is 15.9 Å². The SMILES string of the molecule is CN(c1cccc(CNc2ncnc3c(C(N)=O)cccc23)c1)c1ncc(N)s1. The Kier molecular flexibility index (Phi) is 4.96. The van der Waals surface area contributed by atoms with Crippen molar-refractivity contribution in [2.45, 2.75) is 6.54 Å². The van der Waals surface area contributed by atoms with Crippen molar-refractivity contribution in [1.29, 1.82) is 0 Å². The third-order valence-electron chi connectivity index (χ3n) is 4.49. The number of carbonyl (C=O) groups is 1. The summed E-state index contributed by atoms with van der Waals surface area (Å²) in [5.74, 6) is 0.128. The van der Waals surface area contributed by atoms with Crippen LogP contribution in [0, 0.1) is 0 Å². The Bertz CT molecular complexity index is 1190. The van der Waals surface area contributed by atoms with Crippen LogP contribution in [0.25, 0.3) is 10.9 Å². The quantitative estimate of drug-likeness (QED) is 0.450. The fraction of sp³-hybridized carbons (Fsp3) is 0.100. The van der Waals surface area contributed by atoms with Crippen LogP contribution in [0.15, 0.2) is 55.0 Å². The minimum Gasteiger partial charge on any atom is -0.389 e. The van der Waals surface area contributed by atoms with Crippen molar-refractivity contribution in [2.24, 2.45) is 5.73 Å². The van der Waals surface area contributed by atoms with E-state index in [-0.39, 0.29) is 0 Å². The zero-order valence-corrected chi connectivity index (χ0v) is 16.5. The van der Waals surface area contributed by atoms with Gasteiger partial charge in [0, 0.05) is 24.7 Å². The first-order chi connectivity index (χ1) is 14.0. The third kappa shape index (κ3) is 3.81. The van der Waals surface area contributed by atoms with Crippen molar-refractivity contribution < 1.29 is 4.79 Å². The second kappa shape index (κ2) is 7.72. The maximum atomic E-state index is 11.7. The number of nitrogens with two attached hydrogens (primary N) is 2. The maximum absolute atomic E-state index is 11.7. The van der Waals surface area contributed by atoms with Crippen LogP contribution >= 0.6 is 11.3 Å². The molecule has 0 saturated carbocycles. The van der Waals surface area contributed by atoms with E-state index in [1.807, 2.05) is 36.2 Å². The van der Waals surface area contributed by atoms with Gasteiger partial charge in [0.05, 0.1) is 17.3 Å². The minimum atomic E-state index is -0.515. The average Bonchev–Trinajstić information content (AvgIpc) is 3.17. The van der Waals surface area contributed by atoms with Gasteiger partial charge in [0.2, 0.25) is 0 Å². The van der Waals surface area contributed by atoms with E-state index in [0.29, 0.717) is 28.4 Å². The minimum absolute atomic E-state index is 0.374. The van der Waals surface area contributed by atoms with Crippen molar-refractivity contribution in [1.82, 2.24) is 15.0 Å². The number of thiazole rings is 1. The van der Waals surface area contributed by atoms with Gasteiger partial charge in [-0.25, -0.2) is 15.0 Å². The molecule has 4 aromatic rings. The molecule has 2 aromatic carbocycles. The molecule has 29 heavy (non-hydrogen) atoms. The molecule has 0 aliphatic rings. The number of primary amides is 1. The highest BCUT2D eigenvalue weighted by atomic mass is 32.1. The summed E-state index contributed by atoms with van der Waals surface area (Å²) in [6.45, 7) is 0.550. The number of amides is 1. The molecule has 2 aromatic heterocycles. The second-order valence-corrected chi connectivity index (χ2v) is 7.46. The normalized spacial score (nSPS) is 10.8. The first kappa shape index (κ1) is 18.6. The Labute approximate surface area is 171 Å². The summed E-state index contributed by atoms with van der Waals surface area (Å²) < 4.78 is 0. The van der Waals surface area contributed by atoms with Crippen molar-refractivity contribution in [3.05, 3.63) is 66.1 Å². The molecule has 0 aliphatic heterocycles. The zero-order valence-electron chi connectivity index (χ0n) is 15.7. The lowest BCUT2D eigenvalue weighted by molar-refractivity contribution is 0.100. The standard InChI is InChI=1S/C20H19N7OS/c1-27(20-24-10-16(21)29-20)13-5-2-4-12(8-13)9-23-19-15-7-3-6-14(18(22)28)17(15)25-11-26-19/h2-8,10-11H,9,21H2,1H3,(H2,22,28)(H,23,25,26). The van der Waals surface area contributed by atoms with Gasteiger partial charge in [-0.1, -0.05) is 29.5 Å². The van der Waals surface area contributed by atoms with E-state index in [0.717, 1.165) is 21.8 Å². The molecule has 0 spiro atoms. The molecule has 0 fully saturated rings. The molecule has 1 amide bonds. The summed E-state index contributed by atoms with van der Waals surface area (Å²) in [5, 5.41) is 5.57. The van der Waals surface area contributed by atoms with E-state index >= 15 is 0 Å². The molecule has 9 heteroatoms. The van der Waals surface area contributed by atoms with E-state index in [1.54, 1.807) is 18.3 Å². The number of para-hydroxylation sites is 1. The molecule has 0 aliphatic carbocycles. The van der Waals surface area contributed by atoms with Crippen LogP contribution in [0.4, 0.5) is 21.6 Å². The van der Waals surface area contributed by atoms with Gasteiger partial charge in [-0.2, -0.15) is 0 Å². The number of nitrogens with zero attached hydrogens (tertiary/aromatic N) is 4. The van der Waals surface area contributed by atoms with Crippen LogP contribution in [-0.2, 0) is 6.54 Å². The molecular formula is C20H19N7OS. The van der Waals surface area contributed by atoms with E-state index in [4.69, 9.17) is 11.5 Å². The van der Waals surface area contributed by atoms with Crippen LogP contribution in [0.5, 0.6) is 0 Å². The van der Waals surface area contributed by atoms with Gasteiger partial charge in [0.15, 0.2) is 5.13 Å². The monoisotopic (exact) mass is 405 g/mol. The van der Waals surface area contributed by atoms with Gasteiger partial charge >= 0.3 is 0 Å². The highest BCUT2D eigenvalue weighted by Gasteiger charge is 2.12. The summed E-state index contributed by atoms with van der Waals surface area (Å²) in [5.41, 5.74) is 14.2. The molecule has 2 heterocycles. The molecule has 0 bridgehead atoms. The predicted octanol–water partition coefficient (Wildman–Crippen LogP) is 3.15. The Balaban J connectivity index is 1.57. The first-order valence-electron chi connectivity index (χ1n) is 8.84. The van der Waals surface area contributed by atoms with Gasteiger partial charge in [0.1, 0.15) is 17.1 Å². The number of aromatic nitrogens is 3. The van der Waals surface area contributed by atoms with Crippen molar-refractivity contribution >= 4 is 49.8 Å². The number of fused-ring (bicyclic) bond motifs is 1. The number of hydrogen-bond donors (Lipinski definition) is 3. The molecule has 0 unspecified atom stereocenters. The largest absolute Gasteiger partial charge is 0.389 e. The summed E-state index contributed by atoms with van der Waals surface area (Å²) >= 11 is 1.43. The zero-order chi connectivity index (χ0) is 20.4. The van der Waals surface area contributed by atoms with Crippen molar-refractivity contribution in [2.75, 3.05) is 23.0 Å². The molecule has 5 N–H and O–H groups in total. The van der Waals surface area contributed by atoms with E-state index in [1.165, 1.54) is 17.7 Å². The predicted molar refractivity (Wildman–Crippen MR) is 116 cm³/mol. The molecule has 4 rings (SSSR count). The van der Waals surface area contributed by atoms with Gasteiger partial charge in [-0.05, 0) is 29.8 Å². The fourth-order valence-corrected chi connectivity index (χ4v) is 3.69. The van der Waals surface area contributed by atoms with Gasteiger partial charge in [-0.3, -0.25) is 4.79 Å². The Morgan fingerprint density at radius 1 is 1.17 bits per heavy atom. The Morgan fingerprint density at radius 3 is 2.76 bits per heavy atom. The van der Waals surface area contributed by atoms with Crippen molar-refractivity contribution in [3.63, 3.8) is 0 Å². The summed E-state index contributed by atoms with van der Waals surface area (Å²) in [7, 11) is 1.95. The lowest BCUT2D eigenvalue weighted by atomic mass is 10.1. The van der Waals surface area contributed by atoms with Crippen LogP contribution in [0.2, 0.25) is 0 Å². The molecule has 146 valence electrons. The van der Waals surface area contributed by atoms with E-state index < -0.39 is 5.91 Å². The Morgan fingerprint density at radius 2 is 2.00 bits per heavy atom. The van der Waals surface area contributed by atoms with E-state index in [9.17, 15) is 4.79 Å². The van der Waals surface area contributed by atoms with Crippen molar-refractivity contribution in [3.8, 4) is 0 Å². The summed E-state index contributed by atoms with van der Waals surface area (Å²) in [4.78, 5) is 26.5. The summed E-state index contributed by atoms with van der Waals surface area (Å²) in [6, 6.07) is 13.4. The second-order valence-electron chi connectivity index (χ2n) is 6.42. The van der Waals surface area contributed by atoms with Crippen LogP contribution < -0.4 is 21.7 Å². The topological polar surface area (TPSA) is 123 Å². The van der Waals surface area contributed by atoms with Crippen LogP contribution in [-0.4, -0.2) is 27.9 Å². The number of nitrogens with one attached hydrogen (secondary N) is 1. The smallest absolute Gasteiger partial charge is 0.250 e. The number of benzene rings is 2. The fourth-order valence-electron chi connectivity index (χ4n) is 3.03.